The molecule has 0 aliphatic rings. The highest BCUT2D eigenvalue weighted by atomic mass is 79.9. The zero-order chi connectivity index (χ0) is 10.7. The summed E-state index contributed by atoms with van der Waals surface area (Å²) >= 11 is 12.6. The molecule has 1 rings (SSSR count). The molecule has 0 amide bonds. The largest absolute Gasteiger partial charge is 0.298 e. The van der Waals surface area contributed by atoms with Crippen LogP contribution in [-0.2, 0) is 10.1 Å². The highest BCUT2D eigenvalue weighted by Crippen LogP contribution is 2.28. The van der Waals surface area contributed by atoms with Gasteiger partial charge in [0.05, 0.1) is 4.83 Å². The van der Waals surface area contributed by atoms with Crippen LogP contribution >= 0.6 is 43.5 Å². The molecular weight excluding hydrogens is 331 g/mol. The smallest absolute Gasteiger partial charge is 0.147 e. The van der Waals surface area contributed by atoms with Crippen molar-refractivity contribution >= 4 is 49.2 Å². The van der Waals surface area contributed by atoms with Gasteiger partial charge in [0.25, 0.3) is 0 Å². The van der Waals surface area contributed by atoms with E-state index in [1.807, 2.05) is 12.1 Å². The van der Waals surface area contributed by atoms with Gasteiger partial charge in [-0.3, -0.25) is 4.79 Å². The second-order valence-corrected chi connectivity index (χ2v) is 4.91. The maximum atomic E-state index is 11.2. The van der Waals surface area contributed by atoms with Crippen LogP contribution in [0.5, 0.6) is 0 Å². The minimum absolute atomic E-state index is 0.0767. The van der Waals surface area contributed by atoms with E-state index in [1.54, 1.807) is 13.0 Å². The number of carbonyl (C=O) groups excluding carboxylic acids is 1. The molecule has 0 aliphatic heterocycles. The third-order valence-corrected chi connectivity index (χ3v) is 3.82. The summed E-state index contributed by atoms with van der Waals surface area (Å²) in [6.07, 6.45) is 0. The Morgan fingerprint density at radius 3 is 2.64 bits per heavy atom. The van der Waals surface area contributed by atoms with E-state index in [9.17, 15) is 4.79 Å². The van der Waals surface area contributed by atoms with Gasteiger partial charge in [-0.1, -0.05) is 49.5 Å². The Labute approximate surface area is 105 Å². The highest BCUT2D eigenvalue weighted by molar-refractivity contribution is 9.09. The summed E-state index contributed by atoms with van der Waals surface area (Å²) in [6, 6.07) is 5.63. The van der Waals surface area contributed by atoms with Gasteiger partial charge >= 0.3 is 0 Å². The van der Waals surface area contributed by atoms with Crippen LogP contribution in [0.15, 0.2) is 18.2 Å². The monoisotopic (exact) mass is 338 g/mol. The number of halogens is 3. The normalized spacial score (nSPS) is 12.6. The topological polar surface area (TPSA) is 17.1 Å². The Kier molecular flexibility index (Phi) is 4.61. The summed E-state index contributed by atoms with van der Waals surface area (Å²) in [6.45, 7) is 1.55. The van der Waals surface area contributed by atoms with E-state index in [0.29, 0.717) is 5.02 Å². The summed E-state index contributed by atoms with van der Waals surface area (Å²) < 4.78 is 0. The first-order valence-corrected chi connectivity index (χ1v) is 6.46. The van der Waals surface area contributed by atoms with E-state index in [1.165, 1.54) is 0 Å². The lowest BCUT2D eigenvalue weighted by molar-refractivity contribution is -0.116. The van der Waals surface area contributed by atoms with Gasteiger partial charge in [0, 0.05) is 10.4 Å². The molecule has 0 saturated heterocycles. The second kappa shape index (κ2) is 5.29. The summed E-state index contributed by atoms with van der Waals surface area (Å²) in [5.74, 6) is 0.0767. The molecular formula is C10H9Br2ClO. The van der Waals surface area contributed by atoms with E-state index in [0.717, 1.165) is 16.5 Å². The summed E-state index contributed by atoms with van der Waals surface area (Å²) in [5.41, 5.74) is 1.97. The van der Waals surface area contributed by atoms with Crippen molar-refractivity contribution in [1.29, 1.82) is 0 Å². The average molecular weight is 340 g/mol. The van der Waals surface area contributed by atoms with Crippen molar-refractivity contribution in [3.05, 3.63) is 34.3 Å². The third-order valence-electron chi connectivity index (χ3n) is 1.78. The molecule has 0 radical (unpaired) electrons. The van der Waals surface area contributed by atoms with Crippen LogP contribution in [0.3, 0.4) is 0 Å². The van der Waals surface area contributed by atoms with E-state index in [4.69, 9.17) is 11.6 Å². The fourth-order valence-corrected chi connectivity index (χ4v) is 1.99. The Bertz CT molecular complexity index is 352. The van der Waals surface area contributed by atoms with E-state index >= 15 is 0 Å². The van der Waals surface area contributed by atoms with Crippen molar-refractivity contribution in [2.24, 2.45) is 0 Å². The molecule has 4 heteroatoms. The van der Waals surface area contributed by atoms with Crippen LogP contribution < -0.4 is 0 Å². The predicted octanol–water partition coefficient (Wildman–Crippen LogP) is 4.26. The van der Waals surface area contributed by atoms with Gasteiger partial charge in [-0.15, -0.1) is 0 Å². The first-order chi connectivity index (χ1) is 6.54. The number of hydrogen-bond acceptors (Lipinski definition) is 1. The van der Waals surface area contributed by atoms with Crippen LogP contribution in [0.2, 0.25) is 5.02 Å². The van der Waals surface area contributed by atoms with Gasteiger partial charge in [0.2, 0.25) is 0 Å². The van der Waals surface area contributed by atoms with Gasteiger partial charge in [0.15, 0.2) is 0 Å². The van der Waals surface area contributed by atoms with E-state index < -0.39 is 0 Å². The van der Waals surface area contributed by atoms with Crippen molar-refractivity contribution in [3.8, 4) is 0 Å². The SMILES string of the molecule is CC(=O)C(Br)c1cc(Cl)cc(CBr)c1. The zero-order valence-corrected chi connectivity index (χ0v) is 11.5. The van der Waals surface area contributed by atoms with E-state index in [2.05, 4.69) is 31.9 Å². The molecule has 0 bridgehead atoms. The molecule has 1 unspecified atom stereocenters. The summed E-state index contributed by atoms with van der Waals surface area (Å²) in [7, 11) is 0. The Balaban J connectivity index is 3.08. The lowest BCUT2D eigenvalue weighted by atomic mass is 10.1. The van der Waals surface area contributed by atoms with Crippen LogP contribution in [0.4, 0.5) is 0 Å². The fraction of sp³-hybridized carbons (Fsp3) is 0.300. The maximum Gasteiger partial charge on any atom is 0.147 e. The predicted molar refractivity (Wildman–Crippen MR) is 66.4 cm³/mol. The van der Waals surface area contributed by atoms with Crippen molar-refractivity contribution in [1.82, 2.24) is 0 Å². The zero-order valence-electron chi connectivity index (χ0n) is 7.56. The second-order valence-electron chi connectivity index (χ2n) is 3.00. The Morgan fingerprint density at radius 1 is 1.50 bits per heavy atom. The number of ketones is 1. The fourth-order valence-electron chi connectivity index (χ4n) is 1.13. The summed E-state index contributed by atoms with van der Waals surface area (Å²) in [4.78, 5) is 10.9. The number of rotatable bonds is 3. The van der Waals surface area contributed by atoms with Crippen molar-refractivity contribution in [2.45, 2.75) is 17.1 Å². The van der Waals surface area contributed by atoms with Crippen LogP contribution in [-0.4, -0.2) is 5.78 Å². The average Bonchev–Trinajstić information content (AvgIpc) is 2.15. The Hall–Kier alpha value is 0.140. The lowest BCUT2D eigenvalue weighted by Gasteiger charge is -2.08. The molecule has 0 N–H and O–H groups in total. The van der Waals surface area contributed by atoms with Gasteiger partial charge in [0.1, 0.15) is 5.78 Å². The number of benzene rings is 1. The maximum absolute atomic E-state index is 11.2. The highest BCUT2D eigenvalue weighted by Gasteiger charge is 2.13. The molecule has 1 aromatic rings. The summed E-state index contributed by atoms with van der Waals surface area (Å²) in [5, 5.41) is 1.39. The van der Waals surface area contributed by atoms with Gasteiger partial charge in [-0.2, -0.15) is 0 Å². The quantitative estimate of drug-likeness (QED) is 0.752. The molecule has 1 aromatic carbocycles. The standard InChI is InChI=1S/C10H9Br2ClO/c1-6(14)10(12)8-2-7(5-11)3-9(13)4-8/h2-4,10H,5H2,1H3. The van der Waals surface area contributed by atoms with Crippen LogP contribution in [0.25, 0.3) is 0 Å². The minimum Gasteiger partial charge on any atom is -0.298 e. The van der Waals surface area contributed by atoms with E-state index in [-0.39, 0.29) is 10.6 Å². The van der Waals surface area contributed by atoms with Crippen molar-refractivity contribution in [3.63, 3.8) is 0 Å². The van der Waals surface area contributed by atoms with Gasteiger partial charge in [-0.05, 0) is 30.2 Å². The lowest BCUT2D eigenvalue weighted by Crippen LogP contribution is -2.01. The first kappa shape index (κ1) is 12.2. The number of carbonyl (C=O) groups is 1. The van der Waals surface area contributed by atoms with Crippen LogP contribution in [0, 0.1) is 0 Å². The molecule has 1 atom stereocenters. The van der Waals surface area contributed by atoms with Gasteiger partial charge < -0.3 is 0 Å². The molecule has 0 saturated carbocycles. The minimum atomic E-state index is -0.265. The number of alkyl halides is 2. The molecule has 0 aromatic heterocycles. The molecule has 14 heavy (non-hydrogen) atoms. The van der Waals surface area contributed by atoms with Crippen molar-refractivity contribution < 1.29 is 4.79 Å². The Morgan fingerprint density at radius 2 is 2.14 bits per heavy atom. The number of hydrogen-bond donors (Lipinski definition) is 0. The molecule has 1 nitrogen and oxygen atoms in total. The van der Waals surface area contributed by atoms with Crippen molar-refractivity contribution in [2.75, 3.05) is 0 Å². The molecule has 76 valence electrons. The van der Waals surface area contributed by atoms with Crippen LogP contribution in [0.1, 0.15) is 22.9 Å². The molecule has 0 fully saturated rings. The third kappa shape index (κ3) is 3.07. The number of Topliss-reactive ketones (excluding diaryl/α,β-unsaturated/α-hetero) is 1. The van der Waals surface area contributed by atoms with Gasteiger partial charge in [-0.25, -0.2) is 0 Å². The molecule has 0 spiro atoms. The molecule has 0 heterocycles. The molecule has 0 aliphatic carbocycles. The first-order valence-electron chi connectivity index (χ1n) is 4.04.